The van der Waals surface area contributed by atoms with Crippen molar-refractivity contribution in [2.24, 2.45) is 5.10 Å². The molecule has 32 heavy (non-hydrogen) atoms. The van der Waals surface area contributed by atoms with Crippen molar-refractivity contribution in [3.8, 4) is 5.75 Å². The highest BCUT2D eigenvalue weighted by molar-refractivity contribution is 9.10. The third-order valence-electron chi connectivity index (χ3n) is 4.44. The molecule has 9 heteroatoms. The van der Waals surface area contributed by atoms with Crippen molar-refractivity contribution < 1.29 is 22.7 Å². The fraction of sp³-hybridized carbons (Fsp3) is 0.217. The van der Waals surface area contributed by atoms with Gasteiger partial charge < -0.3 is 4.74 Å². The van der Waals surface area contributed by atoms with Gasteiger partial charge in [-0.2, -0.15) is 18.3 Å². The molecule has 0 bridgehead atoms. The van der Waals surface area contributed by atoms with Crippen LogP contribution in [0, 0.1) is 0 Å². The second-order valence-electron chi connectivity index (χ2n) is 7.26. The molecule has 3 rings (SSSR count). The Morgan fingerprint density at radius 3 is 2.69 bits per heavy atom. The number of nitrogens with one attached hydrogen (secondary N) is 1. The van der Waals surface area contributed by atoms with Crippen molar-refractivity contribution in [1.29, 1.82) is 0 Å². The number of nitrogens with zero attached hydrogens (tertiary/aromatic N) is 1. The zero-order valence-electron chi connectivity index (χ0n) is 17.2. The van der Waals surface area contributed by atoms with Crippen LogP contribution in [0.2, 0.25) is 0 Å². The summed E-state index contributed by atoms with van der Waals surface area (Å²) in [5.74, 6) is 0.426. The van der Waals surface area contributed by atoms with Crippen molar-refractivity contribution in [3.05, 3.63) is 85.5 Å². The molecule has 0 saturated carbocycles. The lowest BCUT2D eigenvalue weighted by molar-refractivity contribution is -0.137. The van der Waals surface area contributed by atoms with Gasteiger partial charge >= 0.3 is 6.18 Å². The summed E-state index contributed by atoms with van der Waals surface area (Å²) in [4.78, 5) is 13.4. The quantitative estimate of drug-likeness (QED) is 0.267. The normalized spacial score (nSPS) is 11.8. The van der Waals surface area contributed by atoms with Gasteiger partial charge in [-0.05, 0) is 47.9 Å². The van der Waals surface area contributed by atoms with Gasteiger partial charge in [0.2, 0.25) is 0 Å². The highest BCUT2D eigenvalue weighted by Gasteiger charge is 2.30. The van der Waals surface area contributed by atoms with Crippen LogP contribution in [0.4, 0.5) is 13.2 Å². The highest BCUT2D eigenvalue weighted by Crippen LogP contribution is 2.30. The molecule has 1 heterocycles. The molecule has 0 spiro atoms. The van der Waals surface area contributed by atoms with E-state index in [1.807, 2.05) is 6.07 Å². The Morgan fingerprint density at radius 2 is 2.00 bits per heavy atom. The minimum absolute atomic E-state index is 0.0500. The van der Waals surface area contributed by atoms with E-state index >= 15 is 0 Å². The Morgan fingerprint density at radius 1 is 1.22 bits per heavy atom. The number of hydrogen-bond acceptors (Lipinski definition) is 4. The molecular formula is C23H20BrF3N2O2S. The molecule has 0 radical (unpaired) electrons. The molecule has 4 nitrogen and oxygen atoms in total. The van der Waals surface area contributed by atoms with Crippen LogP contribution in [0.1, 0.15) is 51.7 Å². The molecular weight excluding hydrogens is 505 g/mol. The molecule has 0 aliphatic rings. The molecule has 0 aliphatic heterocycles. The van der Waals surface area contributed by atoms with Gasteiger partial charge in [0, 0.05) is 20.3 Å². The first-order valence-electron chi connectivity index (χ1n) is 9.64. The fourth-order valence-corrected chi connectivity index (χ4v) is 4.03. The van der Waals surface area contributed by atoms with Crippen LogP contribution >= 0.6 is 27.3 Å². The number of rotatable bonds is 7. The van der Waals surface area contributed by atoms with E-state index in [0.29, 0.717) is 28.4 Å². The van der Waals surface area contributed by atoms with E-state index in [1.54, 1.807) is 29.6 Å². The average molecular weight is 525 g/mol. The van der Waals surface area contributed by atoms with Gasteiger partial charge in [0.05, 0.1) is 17.3 Å². The molecule has 168 valence electrons. The first-order valence-corrected chi connectivity index (χ1v) is 11.3. The van der Waals surface area contributed by atoms with Gasteiger partial charge in [-0.15, -0.1) is 11.3 Å². The lowest BCUT2D eigenvalue weighted by Crippen LogP contribution is -2.16. The first-order chi connectivity index (χ1) is 15.1. The van der Waals surface area contributed by atoms with E-state index in [1.165, 1.54) is 23.6 Å². The number of thiophene rings is 1. The first kappa shape index (κ1) is 24.0. The van der Waals surface area contributed by atoms with E-state index in [2.05, 4.69) is 40.3 Å². The summed E-state index contributed by atoms with van der Waals surface area (Å²) < 4.78 is 45.2. The number of benzene rings is 2. The Labute approximate surface area is 196 Å². The molecule has 0 saturated heterocycles. The predicted molar refractivity (Wildman–Crippen MR) is 123 cm³/mol. The molecule has 1 aromatic heterocycles. The number of hydrazone groups is 1. The minimum Gasteiger partial charge on any atom is -0.488 e. The van der Waals surface area contributed by atoms with Gasteiger partial charge in [-0.25, -0.2) is 5.43 Å². The Bertz CT molecular complexity index is 1130. The van der Waals surface area contributed by atoms with Crippen LogP contribution in [0.25, 0.3) is 0 Å². The number of alkyl halides is 3. The van der Waals surface area contributed by atoms with Crippen molar-refractivity contribution in [3.63, 3.8) is 0 Å². The second kappa shape index (κ2) is 10.3. The van der Waals surface area contributed by atoms with Gasteiger partial charge in [-0.1, -0.05) is 41.9 Å². The van der Waals surface area contributed by atoms with Crippen LogP contribution in [0.3, 0.4) is 0 Å². The molecule has 0 fully saturated rings. The molecule has 3 aromatic rings. The molecule has 0 aliphatic carbocycles. The Hall–Kier alpha value is -2.65. The SMILES string of the molecule is CC(C)c1cc(C(=O)N/N=C/c2cc(Br)ccc2OCc2cccc(C(F)(F)F)c2)cs1. The summed E-state index contributed by atoms with van der Waals surface area (Å²) in [6, 6.07) is 12.0. The van der Waals surface area contributed by atoms with Crippen molar-refractivity contribution in [1.82, 2.24) is 5.43 Å². The van der Waals surface area contributed by atoms with E-state index in [-0.39, 0.29) is 12.5 Å². The summed E-state index contributed by atoms with van der Waals surface area (Å²) in [5, 5.41) is 5.79. The second-order valence-corrected chi connectivity index (χ2v) is 9.12. The maximum atomic E-state index is 12.9. The summed E-state index contributed by atoms with van der Waals surface area (Å²) in [7, 11) is 0. The summed E-state index contributed by atoms with van der Waals surface area (Å²) in [6.07, 6.45) is -2.98. The molecule has 0 atom stereocenters. The molecule has 1 amide bonds. The Kier molecular flexibility index (Phi) is 7.73. The monoisotopic (exact) mass is 524 g/mol. The smallest absolute Gasteiger partial charge is 0.416 e. The number of hydrogen-bond donors (Lipinski definition) is 1. The van der Waals surface area contributed by atoms with Crippen LogP contribution in [-0.2, 0) is 12.8 Å². The lowest BCUT2D eigenvalue weighted by atomic mass is 10.1. The van der Waals surface area contributed by atoms with Crippen molar-refractivity contribution >= 4 is 39.4 Å². The van der Waals surface area contributed by atoms with Crippen LogP contribution in [0.15, 0.2) is 63.5 Å². The standard InChI is InChI=1S/C23H20BrF3N2O2S/c1-14(2)21-10-17(13-32-21)22(30)29-28-11-16-9-19(24)6-7-20(16)31-12-15-4-3-5-18(8-15)23(25,26)27/h3-11,13-14H,12H2,1-2H3,(H,29,30)/b28-11+. The van der Waals surface area contributed by atoms with E-state index in [9.17, 15) is 18.0 Å². The number of halogens is 4. The lowest BCUT2D eigenvalue weighted by Gasteiger charge is -2.12. The third kappa shape index (κ3) is 6.43. The summed E-state index contributed by atoms with van der Waals surface area (Å²) in [5.41, 5.74) is 3.23. The van der Waals surface area contributed by atoms with E-state index in [4.69, 9.17) is 4.74 Å². The number of ether oxygens (including phenoxy) is 1. The Balaban J connectivity index is 1.69. The van der Waals surface area contributed by atoms with Crippen molar-refractivity contribution in [2.45, 2.75) is 32.5 Å². The van der Waals surface area contributed by atoms with Crippen molar-refractivity contribution in [2.75, 3.05) is 0 Å². The maximum Gasteiger partial charge on any atom is 0.416 e. The topological polar surface area (TPSA) is 50.7 Å². The third-order valence-corrected chi connectivity index (χ3v) is 6.17. The summed E-state index contributed by atoms with van der Waals surface area (Å²) >= 11 is 4.89. The zero-order chi connectivity index (χ0) is 23.3. The summed E-state index contributed by atoms with van der Waals surface area (Å²) in [6.45, 7) is 4.06. The van der Waals surface area contributed by atoms with Gasteiger partial charge in [0.1, 0.15) is 12.4 Å². The molecule has 2 aromatic carbocycles. The number of carbonyl (C=O) groups is 1. The fourth-order valence-electron chi connectivity index (χ4n) is 2.75. The average Bonchev–Trinajstić information content (AvgIpc) is 3.23. The van der Waals surface area contributed by atoms with E-state index in [0.717, 1.165) is 21.5 Å². The van der Waals surface area contributed by atoms with E-state index < -0.39 is 11.7 Å². The zero-order valence-corrected chi connectivity index (χ0v) is 19.6. The van der Waals surface area contributed by atoms with Crippen LogP contribution in [-0.4, -0.2) is 12.1 Å². The molecule has 1 N–H and O–H groups in total. The molecule has 0 unspecified atom stereocenters. The maximum absolute atomic E-state index is 12.9. The van der Waals surface area contributed by atoms with Crippen LogP contribution in [0.5, 0.6) is 5.75 Å². The minimum atomic E-state index is -4.41. The van der Waals surface area contributed by atoms with Crippen LogP contribution < -0.4 is 10.2 Å². The van der Waals surface area contributed by atoms with Gasteiger partial charge in [0.25, 0.3) is 5.91 Å². The van der Waals surface area contributed by atoms with Gasteiger partial charge in [-0.3, -0.25) is 4.79 Å². The highest BCUT2D eigenvalue weighted by atomic mass is 79.9. The largest absolute Gasteiger partial charge is 0.488 e. The van der Waals surface area contributed by atoms with Gasteiger partial charge in [0.15, 0.2) is 0 Å². The predicted octanol–water partition coefficient (Wildman–Crippen LogP) is 7.00. The number of carbonyl (C=O) groups excluding carboxylic acids is 1. The number of amides is 1.